The van der Waals surface area contributed by atoms with Gasteiger partial charge in [-0.05, 0) is 11.5 Å². The molecule has 0 atom stereocenters. The van der Waals surface area contributed by atoms with Gasteiger partial charge < -0.3 is 9.47 Å². The molecule has 1 aliphatic rings. The third kappa shape index (κ3) is 1.57. The van der Waals surface area contributed by atoms with Crippen LogP contribution in [0.5, 0.6) is 5.75 Å². The number of hydrogen-bond acceptors (Lipinski definition) is 2. The summed E-state index contributed by atoms with van der Waals surface area (Å²) in [7, 11) is 0. The van der Waals surface area contributed by atoms with Crippen LogP contribution in [-0.2, 0) is 4.74 Å². The Bertz CT molecular complexity index is 469. The van der Waals surface area contributed by atoms with E-state index in [0.717, 1.165) is 5.75 Å². The first-order valence-electron chi connectivity index (χ1n) is 5.16. The fraction of sp³-hybridized carbons (Fsp3) is 0.231. The minimum atomic E-state index is 0.232. The lowest BCUT2D eigenvalue weighted by Crippen LogP contribution is -2.38. The normalized spacial score (nSPS) is 16.3. The molecule has 0 saturated carbocycles. The van der Waals surface area contributed by atoms with E-state index < -0.39 is 0 Å². The highest BCUT2D eigenvalue weighted by atomic mass is 16.6. The Balaban J connectivity index is 2.01. The van der Waals surface area contributed by atoms with Gasteiger partial charge in [-0.25, -0.2) is 0 Å². The summed E-state index contributed by atoms with van der Waals surface area (Å²) in [4.78, 5) is 0. The topological polar surface area (TPSA) is 18.5 Å². The molecule has 0 spiro atoms. The monoisotopic (exact) mass is 200 g/mol. The van der Waals surface area contributed by atoms with Gasteiger partial charge in [-0.1, -0.05) is 36.4 Å². The third-order valence-corrected chi connectivity index (χ3v) is 2.65. The van der Waals surface area contributed by atoms with Crippen molar-refractivity contribution in [3.05, 3.63) is 42.5 Å². The molecule has 0 radical (unpaired) electrons. The second kappa shape index (κ2) is 3.55. The molecule has 1 aliphatic heterocycles. The molecule has 0 unspecified atom stereocenters. The molecule has 2 nitrogen and oxygen atoms in total. The van der Waals surface area contributed by atoms with Gasteiger partial charge in [0.2, 0.25) is 0 Å². The Kier molecular flexibility index (Phi) is 2.07. The molecule has 0 amide bonds. The van der Waals surface area contributed by atoms with Crippen molar-refractivity contribution in [1.29, 1.82) is 0 Å². The smallest absolute Gasteiger partial charge is 0.145 e. The van der Waals surface area contributed by atoms with Crippen molar-refractivity contribution in [2.24, 2.45) is 0 Å². The molecule has 1 heterocycles. The Morgan fingerprint density at radius 1 is 1.00 bits per heavy atom. The van der Waals surface area contributed by atoms with Crippen molar-refractivity contribution in [3.63, 3.8) is 0 Å². The zero-order chi connectivity index (χ0) is 10.1. The molecule has 15 heavy (non-hydrogen) atoms. The van der Waals surface area contributed by atoms with E-state index in [1.54, 1.807) is 0 Å². The highest BCUT2D eigenvalue weighted by Crippen LogP contribution is 2.26. The minimum absolute atomic E-state index is 0.232. The van der Waals surface area contributed by atoms with E-state index in [0.29, 0.717) is 13.2 Å². The van der Waals surface area contributed by atoms with E-state index in [-0.39, 0.29) is 6.10 Å². The van der Waals surface area contributed by atoms with E-state index in [4.69, 9.17) is 9.47 Å². The molecule has 2 aromatic rings. The third-order valence-electron chi connectivity index (χ3n) is 2.65. The van der Waals surface area contributed by atoms with E-state index in [2.05, 4.69) is 18.2 Å². The standard InChI is InChI=1S/C13H12O2/c1-2-6-12-10(4-1)5-3-7-13(12)15-11-8-14-9-11/h1-7,11H,8-9H2. The minimum Gasteiger partial charge on any atom is -0.485 e. The van der Waals surface area contributed by atoms with Crippen molar-refractivity contribution in [1.82, 2.24) is 0 Å². The summed E-state index contributed by atoms with van der Waals surface area (Å²) in [6.07, 6.45) is 0.232. The first kappa shape index (κ1) is 8.74. The van der Waals surface area contributed by atoms with Gasteiger partial charge in [-0.2, -0.15) is 0 Å². The first-order chi connectivity index (χ1) is 7.43. The summed E-state index contributed by atoms with van der Waals surface area (Å²) in [5.41, 5.74) is 0. The fourth-order valence-electron chi connectivity index (χ4n) is 1.76. The Labute approximate surface area is 88.4 Å². The van der Waals surface area contributed by atoms with Crippen LogP contribution in [0.15, 0.2) is 42.5 Å². The number of fused-ring (bicyclic) bond motifs is 1. The van der Waals surface area contributed by atoms with Crippen molar-refractivity contribution >= 4 is 10.8 Å². The Morgan fingerprint density at radius 3 is 2.60 bits per heavy atom. The van der Waals surface area contributed by atoms with Gasteiger partial charge in [0.25, 0.3) is 0 Å². The lowest BCUT2D eigenvalue weighted by Gasteiger charge is -2.27. The molecular weight excluding hydrogens is 188 g/mol. The quantitative estimate of drug-likeness (QED) is 0.741. The van der Waals surface area contributed by atoms with Crippen LogP contribution in [0.1, 0.15) is 0 Å². The first-order valence-corrected chi connectivity index (χ1v) is 5.16. The highest BCUT2D eigenvalue weighted by molar-refractivity contribution is 5.88. The summed E-state index contributed by atoms with van der Waals surface area (Å²) >= 11 is 0. The van der Waals surface area contributed by atoms with Gasteiger partial charge in [0.05, 0.1) is 13.2 Å². The SMILES string of the molecule is c1ccc2c(OC3COC3)cccc2c1. The summed E-state index contributed by atoms with van der Waals surface area (Å²) in [5.74, 6) is 0.960. The van der Waals surface area contributed by atoms with E-state index >= 15 is 0 Å². The van der Waals surface area contributed by atoms with Crippen molar-refractivity contribution in [2.45, 2.75) is 6.10 Å². The van der Waals surface area contributed by atoms with Crippen LogP contribution < -0.4 is 4.74 Å². The summed E-state index contributed by atoms with van der Waals surface area (Å²) in [5, 5.41) is 2.39. The molecule has 1 fully saturated rings. The molecule has 0 N–H and O–H groups in total. The lowest BCUT2D eigenvalue weighted by molar-refractivity contribution is -0.0791. The number of benzene rings is 2. The number of rotatable bonds is 2. The van der Waals surface area contributed by atoms with Gasteiger partial charge in [0.1, 0.15) is 11.9 Å². The fourth-order valence-corrected chi connectivity index (χ4v) is 1.76. The zero-order valence-corrected chi connectivity index (χ0v) is 8.35. The largest absolute Gasteiger partial charge is 0.485 e. The van der Waals surface area contributed by atoms with Gasteiger partial charge in [-0.15, -0.1) is 0 Å². The van der Waals surface area contributed by atoms with Crippen LogP contribution >= 0.6 is 0 Å². The van der Waals surface area contributed by atoms with Crippen LogP contribution in [0, 0.1) is 0 Å². The highest BCUT2D eigenvalue weighted by Gasteiger charge is 2.20. The molecule has 1 saturated heterocycles. The Hall–Kier alpha value is -1.54. The van der Waals surface area contributed by atoms with Gasteiger partial charge in [0.15, 0.2) is 0 Å². The lowest BCUT2D eigenvalue weighted by atomic mass is 10.1. The molecule has 76 valence electrons. The van der Waals surface area contributed by atoms with Crippen LogP contribution in [0.3, 0.4) is 0 Å². The van der Waals surface area contributed by atoms with Gasteiger partial charge in [-0.3, -0.25) is 0 Å². The van der Waals surface area contributed by atoms with Gasteiger partial charge >= 0.3 is 0 Å². The summed E-state index contributed by atoms with van der Waals surface area (Å²) in [6, 6.07) is 14.4. The van der Waals surface area contributed by atoms with E-state index in [9.17, 15) is 0 Å². The molecule has 0 aliphatic carbocycles. The van der Waals surface area contributed by atoms with Crippen LogP contribution in [0.2, 0.25) is 0 Å². The summed E-state index contributed by atoms with van der Waals surface area (Å²) in [6.45, 7) is 1.42. The van der Waals surface area contributed by atoms with E-state index in [1.165, 1.54) is 10.8 Å². The van der Waals surface area contributed by atoms with Crippen LogP contribution in [0.4, 0.5) is 0 Å². The van der Waals surface area contributed by atoms with Crippen molar-refractivity contribution in [3.8, 4) is 5.75 Å². The maximum absolute atomic E-state index is 5.84. The predicted octanol–water partition coefficient (Wildman–Crippen LogP) is 2.62. The van der Waals surface area contributed by atoms with Crippen LogP contribution in [-0.4, -0.2) is 19.3 Å². The second-order valence-corrected chi connectivity index (χ2v) is 3.75. The molecular formula is C13H12O2. The maximum atomic E-state index is 5.84. The maximum Gasteiger partial charge on any atom is 0.145 e. The summed E-state index contributed by atoms with van der Waals surface area (Å²) < 4.78 is 10.9. The van der Waals surface area contributed by atoms with Gasteiger partial charge in [0, 0.05) is 5.39 Å². The number of hydrogen-bond donors (Lipinski definition) is 0. The average molecular weight is 200 g/mol. The molecule has 2 aromatic carbocycles. The zero-order valence-electron chi connectivity index (χ0n) is 8.35. The molecule has 2 heteroatoms. The average Bonchev–Trinajstić information content (AvgIpc) is 2.23. The number of ether oxygens (including phenoxy) is 2. The molecule has 0 aromatic heterocycles. The van der Waals surface area contributed by atoms with Crippen LogP contribution in [0.25, 0.3) is 10.8 Å². The predicted molar refractivity (Wildman–Crippen MR) is 59.2 cm³/mol. The Morgan fingerprint density at radius 2 is 1.80 bits per heavy atom. The van der Waals surface area contributed by atoms with Crippen molar-refractivity contribution in [2.75, 3.05) is 13.2 Å². The molecule has 0 bridgehead atoms. The second-order valence-electron chi connectivity index (χ2n) is 3.75. The molecule has 3 rings (SSSR count). The van der Waals surface area contributed by atoms with E-state index in [1.807, 2.05) is 24.3 Å². The van der Waals surface area contributed by atoms with Crippen molar-refractivity contribution < 1.29 is 9.47 Å².